The van der Waals surface area contributed by atoms with Gasteiger partial charge >= 0.3 is 0 Å². The summed E-state index contributed by atoms with van der Waals surface area (Å²) in [4.78, 5) is 34.2. The van der Waals surface area contributed by atoms with E-state index in [1.807, 2.05) is 0 Å². The topological polar surface area (TPSA) is 160 Å². The number of rotatable bonds is 6. The van der Waals surface area contributed by atoms with Gasteiger partial charge in [-0.15, -0.1) is 10.2 Å². The number of anilines is 1. The predicted molar refractivity (Wildman–Crippen MR) is 129 cm³/mol. The molecule has 4 rings (SSSR count). The third-order valence-electron chi connectivity index (χ3n) is 5.14. The molecule has 2 N–H and O–H groups in total. The first-order valence-electron chi connectivity index (χ1n) is 10.2. The van der Waals surface area contributed by atoms with Crippen LogP contribution in [0, 0.1) is 27.2 Å². The molecule has 0 atom stereocenters. The van der Waals surface area contributed by atoms with Crippen LogP contribution in [-0.2, 0) is 0 Å². The number of carbonyl (C=O) groups excluding carboxylic acids is 1. The number of phenols is 1. The summed E-state index contributed by atoms with van der Waals surface area (Å²) in [5.41, 5.74) is 0.149. The minimum atomic E-state index is -0.730. The van der Waals surface area contributed by atoms with Gasteiger partial charge in [-0.1, -0.05) is 36.4 Å². The zero-order valence-corrected chi connectivity index (χ0v) is 18.2. The molecule has 0 spiro atoms. The number of hydrogen-bond donors (Lipinski definition) is 2. The summed E-state index contributed by atoms with van der Waals surface area (Å²) in [5.74, 6) is -1.23. The second-order valence-corrected chi connectivity index (χ2v) is 7.55. The minimum absolute atomic E-state index is 0.0180. The van der Waals surface area contributed by atoms with Crippen LogP contribution in [0.25, 0.3) is 10.8 Å². The van der Waals surface area contributed by atoms with Crippen molar-refractivity contribution in [2.45, 2.75) is 6.92 Å². The van der Waals surface area contributed by atoms with Crippen molar-refractivity contribution >= 4 is 45.1 Å². The van der Waals surface area contributed by atoms with Crippen LogP contribution < -0.4 is 5.32 Å². The summed E-state index contributed by atoms with van der Waals surface area (Å²) in [7, 11) is 0. The van der Waals surface area contributed by atoms with E-state index in [1.54, 1.807) is 37.3 Å². The predicted octanol–water partition coefficient (Wildman–Crippen LogP) is 6.34. The van der Waals surface area contributed by atoms with Crippen molar-refractivity contribution in [2.75, 3.05) is 5.32 Å². The summed E-state index contributed by atoms with van der Waals surface area (Å²) in [6.07, 6.45) is 0. The molecular formula is C24H17N5O6. The third-order valence-corrected chi connectivity index (χ3v) is 5.14. The molecule has 35 heavy (non-hydrogen) atoms. The monoisotopic (exact) mass is 471 g/mol. The maximum atomic E-state index is 13.0. The van der Waals surface area contributed by atoms with E-state index < -0.39 is 21.5 Å². The zero-order chi connectivity index (χ0) is 25.1. The molecule has 11 nitrogen and oxygen atoms in total. The fourth-order valence-corrected chi connectivity index (χ4v) is 3.46. The van der Waals surface area contributed by atoms with E-state index in [2.05, 4.69) is 15.5 Å². The van der Waals surface area contributed by atoms with Gasteiger partial charge in [0.2, 0.25) is 0 Å². The van der Waals surface area contributed by atoms with Gasteiger partial charge in [-0.3, -0.25) is 25.0 Å². The molecule has 0 aliphatic heterocycles. The third kappa shape index (κ3) is 4.78. The quantitative estimate of drug-likeness (QED) is 0.189. The molecule has 0 saturated carbocycles. The number of benzene rings is 4. The number of fused-ring (bicyclic) bond motifs is 1. The number of amides is 1. The number of nitrogens with zero attached hydrogens (tertiary/aromatic N) is 4. The van der Waals surface area contributed by atoms with Gasteiger partial charge in [-0.25, -0.2) is 0 Å². The van der Waals surface area contributed by atoms with Crippen molar-refractivity contribution in [1.82, 2.24) is 0 Å². The Labute approximate surface area is 197 Å². The van der Waals surface area contributed by atoms with Gasteiger partial charge in [-0.05, 0) is 36.1 Å². The molecule has 0 heterocycles. The molecule has 1 amide bonds. The Morgan fingerprint density at radius 1 is 0.914 bits per heavy atom. The number of nitrogens with one attached hydrogen (secondary N) is 1. The number of non-ortho nitro benzene ring substituents is 1. The molecule has 0 saturated heterocycles. The Morgan fingerprint density at radius 2 is 1.69 bits per heavy atom. The van der Waals surface area contributed by atoms with Gasteiger partial charge in [0.05, 0.1) is 15.4 Å². The Hall–Kier alpha value is -5.19. The van der Waals surface area contributed by atoms with Gasteiger partial charge in [0.1, 0.15) is 5.69 Å². The van der Waals surface area contributed by atoms with Crippen LogP contribution in [0.2, 0.25) is 0 Å². The molecule has 0 unspecified atom stereocenters. The number of phenolic OH excluding ortho intramolecular Hbond substituents is 1. The fraction of sp³-hybridized carbons (Fsp3) is 0.0417. The maximum absolute atomic E-state index is 13.0. The molecule has 0 bridgehead atoms. The lowest BCUT2D eigenvalue weighted by Gasteiger charge is -2.11. The second-order valence-electron chi connectivity index (χ2n) is 7.55. The smallest absolute Gasteiger partial charge is 0.296 e. The zero-order valence-electron chi connectivity index (χ0n) is 18.2. The molecular weight excluding hydrogens is 454 g/mol. The first kappa shape index (κ1) is 23.0. The van der Waals surface area contributed by atoms with Crippen molar-refractivity contribution in [2.24, 2.45) is 10.2 Å². The fourth-order valence-electron chi connectivity index (χ4n) is 3.46. The molecule has 174 valence electrons. The van der Waals surface area contributed by atoms with Gasteiger partial charge in [0, 0.05) is 29.3 Å². The summed E-state index contributed by atoms with van der Waals surface area (Å²) in [6, 6.07) is 18.0. The highest BCUT2D eigenvalue weighted by Crippen LogP contribution is 2.40. The summed E-state index contributed by atoms with van der Waals surface area (Å²) >= 11 is 0. The highest BCUT2D eigenvalue weighted by Gasteiger charge is 2.20. The van der Waals surface area contributed by atoms with Crippen LogP contribution >= 0.6 is 0 Å². The number of nitro groups is 2. The number of aromatic hydroxyl groups is 1. The average Bonchev–Trinajstić information content (AvgIpc) is 2.83. The Morgan fingerprint density at radius 3 is 2.43 bits per heavy atom. The highest BCUT2D eigenvalue weighted by molar-refractivity contribution is 6.11. The van der Waals surface area contributed by atoms with Crippen LogP contribution in [0.5, 0.6) is 5.75 Å². The van der Waals surface area contributed by atoms with Crippen LogP contribution in [-0.4, -0.2) is 20.9 Å². The van der Waals surface area contributed by atoms with Crippen LogP contribution in [0.1, 0.15) is 15.9 Å². The largest absolute Gasteiger partial charge is 0.505 e. The normalized spacial score (nSPS) is 11.0. The van der Waals surface area contributed by atoms with Crippen molar-refractivity contribution < 1.29 is 19.7 Å². The lowest BCUT2D eigenvalue weighted by atomic mass is 10.0. The number of aryl methyl sites for hydroxylation is 1. The molecule has 4 aromatic carbocycles. The van der Waals surface area contributed by atoms with Gasteiger partial charge in [0.15, 0.2) is 11.4 Å². The lowest BCUT2D eigenvalue weighted by Crippen LogP contribution is -2.12. The summed E-state index contributed by atoms with van der Waals surface area (Å²) in [5, 5.41) is 44.9. The molecule has 11 heteroatoms. The number of azo groups is 1. The van der Waals surface area contributed by atoms with E-state index in [-0.39, 0.29) is 34.0 Å². The van der Waals surface area contributed by atoms with Crippen LogP contribution in [0.3, 0.4) is 0 Å². The van der Waals surface area contributed by atoms with E-state index in [0.29, 0.717) is 16.3 Å². The molecule has 0 radical (unpaired) electrons. The molecule has 0 aromatic heterocycles. The standard InChI is InChI=1S/C24H17N5O6/c1-14-9-10-20(21(11-14)29(34)35)26-27-22-18-8-3-2-5-15(18)12-19(23(22)30)24(31)25-16-6-4-7-17(13-16)28(32)33/h2-13,30H,1H3,(H,25,31). The Bertz CT molecular complexity index is 1530. The van der Waals surface area contributed by atoms with E-state index in [4.69, 9.17) is 0 Å². The van der Waals surface area contributed by atoms with E-state index in [1.165, 1.54) is 42.5 Å². The van der Waals surface area contributed by atoms with Crippen LogP contribution in [0.4, 0.5) is 28.4 Å². The second kappa shape index (κ2) is 9.35. The SMILES string of the molecule is Cc1ccc(N=Nc2c(O)c(C(=O)Nc3cccc([N+](=O)[O-])c3)cc3ccccc23)c([N+](=O)[O-])c1. The van der Waals surface area contributed by atoms with Crippen LogP contribution in [0.15, 0.2) is 83.0 Å². The molecule has 4 aromatic rings. The number of nitro benzene ring substituents is 2. The van der Waals surface area contributed by atoms with Crippen molar-refractivity contribution in [3.63, 3.8) is 0 Å². The maximum Gasteiger partial charge on any atom is 0.296 e. The minimum Gasteiger partial charge on any atom is -0.505 e. The van der Waals surface area contributed by atoms with E-state index >= 15 is 0 Å². The van der Waals surface area contributed by atoms with Gasteiger partial charge in [0.25, 0.3) is 17.3 Å². The van der Waals surface area contributed by atoms with Gasteiger partial charge in [-0.2, -0.15) is 0 Å². The molecule has 0 aliphatic rings. The first-order valence-corrected chi connectivity index (χ1v) is 10.2. The van der Waals surface area contributed by atoms with E-state index in [9.17, 15) is 30.1 Å². The highest BCUT2D eigenvalue weighted by atomic mass is 16.6. The van der Waals surface area contributed by atoms with Crippen molar-refractivity contribution in [3.8, 4) is 5.75 Å². The lowest BCUT2D eigenvalue weighted by molar-refractivity contribution is -0.384. The van der Waals surface area contributed by atoms with Crippen molar-refractivity contribution in [1.29, 1.82) is 0 Å². The molecule has 0 aliphatic carbocycles. The first-order chi connectivity index (χ1) is 16.7. The van der Waals surface area contributed by atoms with E-state index in [0.717, 1.165) is 0 Å². The number of hydrogen-bond acceptors (Lipinski definition) is 8. The summed E-state index contributed by atoms with van der Waals surface area (Å²) in [6.45, 7) is 1.71. The Kier molecular flexibility index (Phi) is 6.14. The number of carbonyl (C=O) groups is 1. The summed E-state index contributed by atoms with van der Waals surface area (Å²) < 4.78 is 0. The van der Waals surface area contributed by atoms with Crippen molar-refractivity contribution in [3.05, 3.63) is 104 Å². The van der Waals surface area contributed by atoms with Gasteiger partial charge < -0.3 is 10.4 Å². The average molecular weight is 471 g/mol. The Balaban J connectivity index is 1.78. The molecule has 0 fully saturated rings.